The highest BCUT2D eigenvalue weighted by molar-refractivity contribution is 7.17. The number of rotatable bonds is 8. The first-order valence-corrected chi connectivity index (χ1v) is 10.3. The van der Waals surface area contributed by atoms with E-state index in [9.17, 15) is 9.59 Å². The number of nitrogens with one attached hydrogen (secondary N) is 1. The van der Waals surface area contributed by atoms with Crippen molar-refractivity contribution in [2.75, 3.05) is 33.3 Å². The monoisotopic (exact) mass is 461 g/mol. The van der Waals surface area contributed by atoms with Crippen LogP contribution in [0.15, 0.2) is 48.5 Å². The standard InChI is InChI=1S/C22H20ClNO6S/c1-27-16-10-15(11-17(28-2)21(16)29-3)24-20(25)12-30-22(26)19-9-8-18(31-19)13-4-6-14(23)7-5-13/h4-11H,12H2,1-3H3,(H,24,25). The predicted molar refractivity (Wildman–Crippen MR) is 120 cm³/mol. The van der Waals surface area contributed by atoms with Gasteiger partial charge in [0, 0.05) is 27.7 Å². The van der Waals surface area contributed by atoms with Crippen LogP contribution in [0, 0.1) is 0 Å². The summed E-state index contributed by atoms with van der Waals surface area (Å²) in [6.07, 6.45) is 0. The van der Waals surface area contributed by atoms with Gasteiger partial charge in [0.15, 0.2) is 18.1 Å². The zero-order chi connectivity index (χ0) is 22.4. The van der Waals surface area contributed by atoms with E-state index in [0.717, 1.165) is 10.4 Å². The maximum atomic E-state index is 12.3. The molecular weight excluding hydrogens is 442 g/mol. The lowest BCUT2D eigenvalue weighted by atomic mass is 10.2. The van der Waals surface area contributed by atoms with E-state index in [1.165, 1.54) is 32.7 Å². The number of esters is 1. The Morgan fingerprint density at radius 3 is 2.16 bits per heavy atom. The maximum absolute atomic E-state index is 12.3. The molecule has 3 rings (SSSR count). The van der Waals surface area contributed by atoms with Crippen molar-refractivity contribution in [3.8, 4) is 27.7 Å². The molecule has 0 unspecified atom stereocenters. The lowest BCUT2D eigenvalue weighted by Crippen LogP contribution is -2.20. The van der Waals surface area contributed by atoms with Crippen molar-refractivity contribution in [1.29, 1.82) is 0 Å². The number of ether oxygens (including phenoxy) is 4. The molecule has 1 N–H and O–H groups in total. The molecular formula is C22H20ClNO6S. The molecule has 0 aliphatic heterocycles. The minimum absolute atomic E-state index is 0.391. The van der Waals surface area contributed by atoms with E-state index in [-0.39, 0.29) is 0 Å². The van der Waals surface area contributed by atoms with Gasteiger partial charge in [-0.05, 0) is 29.8 Å². The molecule has 1 aromatic heterocycles. The third-order valence-electron chi connectivity index (χ3n) is 4.22. The van der Waals surface area contributed by atoms with Crippen LogP contribution in [0.3, 0.4) is 0 Å². The average Bonchev–Trinajstić information content (AvgIpc) is 3.27. The molecule has 0 radical (unpaired) electrons. The van der Waals surface area contributed by atoms with Gasteiger partial charge < -0.3 is 24.3 Å². The van der Waals surface area contributed by atoms with Crippen LogP contribution in [0.25, 0.3) is 10.4 Å². The van der Waals surface area contributed by atoms with Crippen LogP contribution < -0.4 is 19.5 Å². The second-order valence-corrected chi connectivity index (χ2v) is 7.73. The zero-order valence-electron chi connectivity index (χ0n) is 17.1. The number of hydrogen-bond donors (Lipinski definition) is 1. The second kappa shape index (κ2) is 10.2. The van der Waals surface area contributed by atoms with Crippen LogP contribution in [0.1, 0.15) is 9.67 Å². The van der Waals surface area contributed by atoms with Gasteiger partial charge in [0.1, 0.15) is 4.88 Å². The summed E-state index contributed by atoms with van der Waals surface area (Å²) in [6.45, 7) is -0.441. The van der Waals surface area contributed by atoms with Crippen molar-refractivity contribution in [2.24, 2.45) is 0 Å². The molecule has 31 heavy (non-hydrogen) atoms. The Labute approximate surface area is 188 Å². The summed E-state index contributed by atoms with van der Waals surface area (Å²) in [5.74, 6) is 0.107. The van der Waals surface area contributed by atoms with Crippen molar-refractivity contribution in [1.82, 2.24) is 0 Å². The fourth-order valence-electron chi connectivity index (χ4n) is 2.77. The van der Waals surface area contributed by atoms with Gasteiger partial charge in [-0.25, -0.2) is 4.79 Å². The van der Waals surface area contributed by atoms with Crippen LogP contribution in [0.5, 0.6) is 17.2 Å². The van der Waals surface area contributed by atoms with E-state index in [4.69, 9.17) is 30.5 Å². The van der Waals surface area contributed by atoms with Crippen molar-refractivity contribution in [3.05, 3.63) is 58.4 Å². The number of carbonyl (C=O) groups excluding carboxylic acids is 2. The molecule has 0 aliphatic carbocycles. The van der Waals surface area contributed by atoms with Gasteiger partial charge in [-0.1, -0.05) is 23.7 Å². The Morgan fingerprint density at radius 1 is 0.935 bits per heavy atom. The van der Waals surface area contributed by atoms with E-state index >= 15 is 0 Å². The lowest BCUT2D eigenvalue weighted by molar-refractivity contribution is -0.119. The third kappa shape index (κ3) is 5.48. The predicted octanol–water partition coefficient (Wildman–Crippen LogP) is 4.89. The summed E-state index contributed by atoms with van der Waals surface area (Å²) < 4.78 is 20.9. The summed E-state index contributed by atoms with van der Waals surface area (Å²) >= 11 is 7.18. The van der Waals surface area contributed by atoms with Gasteiger partial charge in [0.05, 0.1) is 21.3 Å². The van der Waals surface area contributed by atoms with Crippen molar-refractivity contribution in [2.45, 2.75) is 0 Å². The largest absolute Gasteiger partial charge is 0.493 e. The number of thiophene rings is 1. The zero-order valence-corrected chi connectivity index (χ0v) is 18.6. The molecule has 0 fully saturated rings. The molecule has 3 aromatic rings. The summed E-state index contributed by atoms with van der Waals surface area (Å²) in [4.78, 5) is 25.9. The highest BCUT2D eigenvalue weighted by atomic mass is 35.5. The topological polar surface area (TPSA) is 83.1 Å². The van der Waals surface area contributed by atoms with Gasteiger partial charge in [-0.15, -0.1) is 11.3 Å². The van der Waals surface area contributed by atoms with Gasteiger partial charge in [-0.3, -0.25) is 4.79 Å². The van der Waals surface area contributed by atoms with Crippen LogP contribution >= 0.6 is 22.9 Å². The van der Waals surface area contributed by atoms with Crippen molar-refractivity contribution >= 4 is 40.5 Å². The summed E-state index contributed by atoms with van der Waals surface area (Å²) in [5.41, 5.74) is 1.35. The number of carbonyl (C=O) groups is 2. The minimum atomic E-state index is -0.578. The molecule has 0 saturated carbocycles. The van der Waals surface area contributed by atoms with Crippen LogP contribution in [-0.4, -0.2) is 39.8 Å². The lowest BCUT2D eigenvalue weighted by Gasteiger charge is -2.14. The van der Waals surface area contributed by atoms with Crippen LogP contribution in [0.4, 0.5) is 5.69 Å². The molecule has 0 bridgehead atoms. The molecule has 1 heterocycles. The van der Waals surface area contributed by atoms with Crippen molar-refractivity contribution in [3.63, 3.8) is 0 Å². The molecule has 0 aliphatic rings. The molecule has 9 heteroatoms. The minimum Gasteiger partial charge on any atom is -0.493 e. The molecule has 0 saturated heterocycles. The highest BCUT2D eigenvalue weighted by Gasteiger charge is 2.17. The molecule has 162 valence electrons. The Morgan fingerprint density at radius 2 is 1.58 bits per heavy atom. The van der Waals surface area contributed by atoms with Crippen LogP contribution in [0.2, 0.25) is 5.02 Å². The Bertz CT molecular complexity index is 1050. The van der Waals surface area contributed by atoms with Crippen LogP contribution in [-0.2, 0) is 9.53 Å². The van der Waals surface area contributed by atoms with Gasteiger partial charge in [0.2, 0.25) is 5.75 Å². The second-order valence-electron chi connectivity index (χ2n) is 6.21. The molecule has 0 atom stereocenters. The first-order valence-electron chi connectivity index (χ1n) is 9.08. The number of hydrogen-bond acceptors (Lipinski definition) is 7. The molecule has 0 spiro atoms. The maximum Gasteiger partial charge on any atom is 0.348 e. The quantitative estimate of drug-likeness (QED) is 0.481. The van der Waals surface area contributed by atoms with E-state index in [1.807, 2.05) is 18.2 Å². The average molecular weight is 462 g/mol. The van der Waals surface area contributed by atoms with Gasteiger partial charge in [-0.2, -0.15) is 0 Å². The Balaban J connectivity index is 1.61. The fourth-order valence-corrected chi connectivity index (χ4v) is 3.80. The summed E-state index contributed by atoms with van der Waals surface area (Å²) in [7, 11) is 4.44. The van der Waals surface area contributed by atoms with E-state index < -0.39 is 18.5 Å². The molecule has 2 aromatic carbocycles. The van der Waals surface area contributed by atoms with E-state index in [2.05, 4.69) is 5.32 Å². The highest BCUT2D eigenvalue weighted by Crippen LogP contribution is 2.39. The Hall–Kier alpha value is -3.23. The Kier molecular flexibility index (Phi) is 7.38. The number of methoxy groups -OCH3 is 3. The first-order chi connectivity index (χ1) is 14.9. The smallest absolute Gasteiger partial charge is 0.348 e. The molecule has 7 nitrogen and oxygen atoms in total. The number of amides is 1. The number of halogens is 1. The normalized spacial score (nSPS) is 10.3. The summed E-state index contributed by atoms with van der Waals surface area (Å²) in [5, 5.41) is 3.28. The van der Waals surface area contributed by atoms with Crippen molar-refractivity contribution < 1.29 is 28.5 Å². The fraction of sp³-hybridized carbons (Fsp3) is 0.182. The first kappa shape index (κ1) is 22.5. The SMILES string of the molecule is COc1cc(NC(=O)COC(=O)c2ccc(-c3ccc(Cl)cc3)s2)cc(OC)c1OC. The van der Waals surface area contributed by atoms with Gasteiger partial charge in [0.25, 0.3) is 5.91 Å². The summed E-state index contributed by atoms with van der Waals surface area (Å²) in [6, 6.07) is 13.9. The number of anilines is 1. The third-order valence-corrected chi connectivity index (χ3v) is 5.59. The van der Waals surface area contributed by atoms with E-state index in [1.54, 1.807) is 30.3 Å². The van der Waals surface area contributed by atoms with E-state index in [0.29, 0.717) is 32.8 Å². The van der Waals surface area contributed by atoms with Gasteiger partial charge >= 0.3 is 5.97 Å². The number of benzene rings is 2. The molecule has 1 amide bonds.